The molecule has 1 aliphatic rings. The van der Waals surface area contributed by atoms with Crippen molar-refractivity contribution in [3.8, 4) is 0 Å². The highest BCUT2D eigenvalue weighted by Crippen LogP contribution is 2.30. The summed E-state index contributed by atoms with van der Waals surface area (Å²) < 4.78 is 30.0. The molecule has 0 aromatic heterocycles. The van der Waals surface area contributed by atoms with Gasteiger partial charge in [-0.25, -0.2) is 0 Å². The van der Waals surface area contributed by atoms with Crippen LogP contribution in [0, 0.1) is 0 Å². The van der Waals surface area contributed by atoms with E-state index in [-0.39, 0.29) is 6.42 Å². The number of hydrogen-bond acceptors (Lipinski definition) is 3. The smallest absolute Gasteiger partial charge is 0.274 e. The number of allylic oxidation sites excluding steroid dienone is 2. The van der Waals surface area contributed by atoms with Gasteiger partial charge in [0.15, 0.2) is 0 Å². The molecular formula is C8H13NO3S. The summed E-state index contributed by atoms with van der Waals surface area (Å²) in [6.07, 6.45) is 5.16. The fraction of sp³-hybridized carbons (Fsp3) is 0.500. The Bertz CT molecular complexity index is 356. The summed E-state index contributed by atoms with van der Waals surface area (Å²) in [5.74, 6) is 0. The Morgan fingerprint density at radius 1 is 1.69 bits per heavy atom. The highest BCUT2D eigenvalue weighted by Gasteiger charge is 2.38. The first-order valence-corrected chi connectivity index (χ1v) is 5.47. The predicted molar refractivity (Wildman–Crippen MR) is 50.6 cm³/mol. The van der Waals surface area contributed by atoms with E-state index >= 15 is 0 Å². The Kier molecular flexibility index (Phi) is 2.49. The molecule has 4 nitrogen and oxygen atoms in total. The Morgan fingerprint density at radius 3 is 2.62 bits per heavy atom. The molecule has 0 radical (unpaired) electrons. The van der Waals surface area contributed by atoms with E-state index in [2.05, 4.69) is 0 Å². The average molecular weight is 203 g/mol. The van der Waals surface area contributed by atoms with Crippen molar-refractivity contribution >= 4 is 10.1 Å². The molecule has 74 valence electrons. The normalized spacial score (nSPS) is 28.6. The van der Waals surface area contributed by atoms with Crippen molar-refractivity contribution in [3.05, 3.63) is 23.9 Å². The topological polar surface area (TPSA) is 80.4 Å². The lowest BCUT2D eigenvalue weighted by atomic mass is 9.96. The quantitative estimate of drug-likeness (QED) is 0.651. The Hall–Kier alpha value is -0.810. The molecule has 0 heterocycles. The van der Waals surface area contributed by atoms with E-state index in [1.165, 1.54) is 12.2 Å². The second-order valence-electron chi connectivity index (χ2n) is 3.13. The van der Waals surface area contributed by atoms with Crippen LogP contribution in [0.5, 0.6) is 0 Å². The van der Waals surface area contributed by atoms with Crippen molar-refractivity contribution in [1.82, 2.24) is 0 Å². The third-order valence-electron chi connectivity index (χ3n) is 2.38. The van der Waals surface area contributed by atoms with Crippen LogP contribution in [0.2, 0.25) is 0 Å². The maximum Gasteiger partial charge on any atom is 0.274 e. The first-order valence-electron chi connectivity index (χ1n) is 4.03. The zero-order valence-electron chi connectivity index (χ0n) is 7.40. The molecule has 0 saturated heterocycles. The van der Waals surface area contributed by atoms with Gasteiger partial charge in [0.05, 0.1) is 0 Å². The van der Waals surface area contributed by atoms with Gasteiger partial charge in [-0.15, -0.1) is 0 Å². The molecule has 1 aliphatic carbocycles. The molecule has 0 bridgehead atoms. The van der Waals surface area contributed by atoms with E-state index < -0.39 is 14.9 Å². The summed E-state index contributed by atoms with van der Waals surface area (Å²) >= 11 is 0. The molecule has 1 unspecified atom stereocenters. The van der Waals surface area contributed by atoms with Gasteiger partial charge < -0.3 is 5.73 Å². The SMILES string of the molecule is CCC1(S(=O)(=O)O)C=CC(N)=CC1. The minimum Gasteiger partial charge on any atom is -0.399 e. The maximum absolute atomic E-state index is 11.1. The number of hydrogen-bond donors (Lipinski definition) is 2. The van der Waals surface area contributed by atoms with Crippen LogP contribution in [-0.2, 0) is 10.1 Å². The maximum atomic E-state index is 11.1. The Labute approximate surface area is 77.9 Å². The molecule has 5 heteroatoms. The van der Waals surface area contributed by atoms with Crippen molar-refractivity contribution in [1.29, 1.82) is 0 Å². The van der Waals surface area contributed by atoms with E-state index in [0.717, 1.165) is 0 Å². The lowest BCUT2D eigenvalue weighted by Crippen LogP contribution is -2.36. The average Bonchev–Trinajstić information content (AvgIpc) is 2.04. The van der Waals surface area contributed by atoms with Gasteiger partial charge in [-0.3, -0.25) is 4.55 Å². The molecule has 0 aromatic rings. The van der Waals surface area contributed by atoms with Gasteiger partial charge in [0, 0.05) is 5.70 Å². The molecular weight excluding hydrogens is 190 g/mol. The molecule has 0 aliphatic heterocycles. The van der Waals surface area contributed by atoms with E-state index in [1.807, 2.05) is 0 Å². The second-order valence-corrected chi connectivity index (χ2v) is 4.90. The van der Waals surface area contributed by atoms with Gasteiger partial charge >= 0.3 is 0 Å². The monoisotopic (exact) mass is 203 g/mol. The van der Waals surface area contributed by atoms with Gasteiger partial charge in [-0.1, -0.05) is 19.1 Å². The van der Waals surface area contributed by atoms with Gasteiger partial charge in [-0.05, 0) is 18.9 Å². The predicted octanol–water partition coefficient (Wildman–Crippen LogP) is 0.825. The Morgan fingerprint density at radius 2 is 2.31 bits per heavy atom. The van der Waals surface area contributed by atoms with Crippen molar-refractivity contribution in [2.45, 2.75) is 24.5 Å². The van der Waals surface area contributed by atoms with Crippen molar-refractivity contribution < 1.29 is 13.0 Å². The van der Waals surface area contributed by atoms with E-state index in [4.69, 9.17) is 10.3 Å². The fourth-order valence-electron chi connectivity index (χ4n) is 1.31. The first-order chi connectivity index (χ1) is 5.91. The third kappa shape index (κ3) is 1.76. The van der Waals surface area contributed by atoms with Crippen LogP contribution in [0.1, 0.15) is 19.8 Å². The zero-order valence-corrected chi connectivity index (χ0v) is 8.21. The first kappa shape index (κ1) is 10.3. The summed E-state index contributed by atoms with van der Waals surface area (Å²) in [7, 11) is -4.05. The lowest BCUT2D eigenvalue weighted by Gasteiger charge is -2.26. The third-order valence-corrected chi connectivity index (χ3v) is 3.99. The Balaban J connectivity index is 3.08. The minimum absolute atomic E-state index is 0.241. The molecule has 0 saturated carbocycles. The van der Waals surface area contributed by atoms with Gasteiger partial charge in [-0.2, -0.15) is 8.42 Å². The summed E-state index contributed by atoms with van der Waals surface area (Å²) in [5, 5.41) is 0. The second kappa shape index (κ2) is 3.16. The number of rotatable bonds is 2. The summed E-state index contributed by atoms with van der Waals surface area (Å²) in [5.41, 5.74) is 5.99. The van der Waals surface area contributed by atoms with E-state index in [9.17, 15) is 8.42 Å². The van der Waals surface area contributed by atoms with Crippen molar-refractivity contribution in [2.75, 3.05) is 0 Å². The van der Waals surface area contributed by atoms with Crippen LogP contribution in [0.25, 0.3) is 0 Å². The standard InChI is InChI=1S/C8H13NO3S/c1-2-8(13(10,11)12)5-3-7(9)4-6-8/h3-5H,2,6,9H2,1H3,(H,10,11,12). The van der Waals surface area contributed by atoms with Gasteiger partial charge in [0.1, 0.15) is 4.75 Å². The summed E-state index contributed by atoms with van der Waals surface area (Å²) in [6.45, 7) is 1.72. The molecule has 0 aromatic carbocycles. The van der Waals surface area contributed by atoms with Crippen LogP contribution in [0.3, 0.4) is 0 Å². The van der Waals surface area contributed by atoms with Crippen LogP contribution >= 0.6 is 0 Å². The highest BCUT2D eigenvalue weighted by atomic mass is 32.2. The highest BCUT2D eigenvalue weighted by molar-refractivity contribution is 7.87. The molecule has 3 N–H and O–H groups in total. The van der Waals surface area contributed by atoms with Crippen LogP contribution in [0.15, 0.2) is 23.9 Å². The molecule has 0 spiro atoms. The zero-order chi connectivity index (χ0) is 10.1. The molecule has 1 rings (SSSR count). The fourth-order valence-corrected chi connectivity index (χ4v) is 2.21. The van der Waals surface area contributed by atoms with E-state index in [0.29, 0.717) is 12.1 Å². The van der Waals surface area contributed by atoms with Crippen molar-refractivity contribution in [2.24, 2.45) is 5.73 Å². The lowest BCUT2D eigenvalue weighted by molar-refractivity contribution is 0.440. The largest absolute Gasteiger partial charge is 0.399 e. The molecule has 0 fully saturated rings. The molecule has 13 heavy (non-hydrogen) atoms. The summed E-state index contributed by atoms with van der Waals surface area (Å²) in [6, 6.07) is 0. The van der Waals surface area contributed by atoms with E-state index in [1.54, 1.807) is 13.0 Å². The summed E-state index contributed by atoms with van der Waals surface area (Å²) in [4.78, 5) is 0. The van der Waals surface area contributed by atoms with Crippen molar-refractivity contribution in [3.63, 3.8) is 0 Å². The number of nitrogens with two attached hydrogens (primary N) is 1. The molecule has 0 amide bonds. The van der Waals surface area contributed by atoms with Crippen LogP contribution in [0.4, 0.5) is 0 Å². The minimum atomic E-state index is -4.05. The van der Waals surface area contributed by atoms with Crippen LogP contribution in [-0.4, -0.2) is 17.7 Å². The van der Waals surface area contributed by atoms with Gasteiger partial charge in [0.2, 0.25) is 0 Å². The van der Waals surface area contributed by atoms with Gasteiger partial charge in [0.25, 0.3) is 10.1 Å². The van der Waals surface area contributed by atoms with Crippen LogP contribution < -0.4 is 5.73 Å². The molecule has 1 atom stereocenters.